The molecule has 128 valence electrons. The van der Waals surface area contributed by atoms with Crippen LogP contribution in [0.15, 0.2) is 61.1 Å². The quantitative estimate of drug-likeness (QED) is 0.648. The summed E-state index contributed by atoms with van der Waals surface area (Å²) >= 11 is 0. The van der Waals surface area contributed by atoms with Gasteiger partial charge in [-0.05, 0) is 42.9 Å². The monoisotopic (exact) mass is 336 g/mol. The van der Waals surface area contributed by atoms with Gasteiger partial charge in [0.2, 0.25) is 0 Å². The Labute approximate surface area is 146 Å². The van der Waals surface area contributed by atoms with Gasteiger partial charge in [-0.15, -0.1) is 0 Å². The Morgan fingerprint density at radius 1 is 1.08 bits per heavy atom. The molecule has 0 atom stereocenters. The third kappa shape index (κ3) is 4.10. The number of benzene rings is 1. The number of carbonyl (C=O) groups is 1. The van der Waals surface area contributed by atoms with Crippen molar-refractivity contribution >= 4 is 5.97 Å². The second-order valence-corrected chi connectivity index (χ2v) is 5.80. The molecular weight excluding hydrogens is 316 g/mol. The lowest BCUT2D eigenvalue weighted by Gasteiger charge is -2.18. The lowest BCUT2D eigenvalue weighted by Crippen LogP contribution is -2.22. The van der Waals surface area contributed by atoms with Crippen LogP contribution in [0.5, 0.6) is 0 Å². The van der Waals surface area contributed by atoms with Crippen LogP contribution in [0, 0.1) is 0 Å². The van der Waals surface area contributed by atoms with Crippen LogP contribution in [-0.4, -0.2) is 39.8 Å². The number of carbonyl (C=O) groups excluding carboxylic acids is 1. The Hall–Kier alpha value is -2.99. The van der Waals surface area contributed by atoms with Gasteiger partial charge in [-0.25, -0.2) is 4.79 Å². The van der Waals surface area contributed by atoms with E-state index in [0.717, 1.165) is 23.4 Å². The molecule has 0 fully saturated rings. The number of rotatable bonds is 6. The first-order valence-corrected chi connectivity index (χ1v) is 7.95. The zero-order valence-electron chi connectivity index (χ0n) is 14.3. The Bertz CT molecular complexity index is 828. The molecule has 0 N–H and O–H groups in total. The predicted molar refractivity (Wildman–Crippen MR) is 94.7 cm³/mol. The van der Waals surface area contributed by atoms with Crippen molar-refractivity contribution in [2.24, 2.45) is 0 Å². The molecule has 0 aliphatic rings. The highest BCUT2D eigenvalue weighted by molar-refractivity contribution is 5.89. The predicted octanol–water partition coefficient (Wildman–Crippen LogP) is 2.82. The van der Waals surface area contributed by atoms with E-state index in [2.05, 4.69) is 15.0 Å². The Morgan fingerprint density at radius 2 is 1.80 bits per heavy atom. The maximum atomic E-state index is 11.5. The van der Waals surface area contributed by atoms with Gasteiger partial charge in [0, 0.05) is 30.7 Å². The van der Waals surface area contributed by atoms with E-state index in [1.165, 1.54) is 7.11 Å². The van der Waals surface area contributed by atoms with Gasteiger partial charge >= 0.3 is 5.97 Å². The number of esters is 1. The summed E-state index contributed by atoms with van der Waals surface area (Å²) in [4.78, 5) is 17.7. The number of hydrogen-bond acceptors (Lipinski definition) is 5. The molecule has 6 heteroatoms. The van der Waals surface area contributed by atoms with Crippen molar-refractivity contribution in [3.05, 3.63) is 72.2 Å². The van der Waals surface area contributed by atoms with Gasteiger partial charge in [0.15, 0.2) is 0 Å². The molecule has 3 aromatic rings. The highest BCUT2D eigenvalue weighted by Crippen LogP contribution is 2.18. The van der Waals surface area contributed by atoms with E-state index in [1.807, 2.05) is 42.1 Å². The standard InChI is InChI=1S/C19H20N4O2/c1-22(13-15-3-5-17(6-4-15)19(24)25-2)14-23-18(9-12-21-23)16-7-10-20-11-8-16/h3-12H,13-14H2,1-2H3. The molecule has 0 saturated carbocycles. The minimum absolute atomic E-state index is 0.321. The minimum atomic E-state index is -0.321. The van der Waals surface area contributed by atoms with E-state index >= 15 is 0 Å². The van der Waals surface area contributed by atoms with Crippen molar-refractivity contribution in [2.75, 3.05) is 14.2 Å². The summed E-state index contributed by atoms with van der Waals surface area (Å²) in [6.45, 7) is 1.40. The molecule has 25 heavy (non-hydrogen) atoms. The third-order valence-corrected chi connectivity index (χ3v) is 3.90. The zero-order chi connectivity index (χ0) is 17.6. The lowest BCUT2D eigenvalue weighted by atomic mass is 10.1. The summed E-state index contributed by atoms with van der Waals surface area (Å²) in [6.07, 6.45) is 5.35. The van der Waals surface area contributed by atoms with Crippen LogP contribution in [0.4, 0.5) is 0 Å². The molecule has 0 aliphatic heterocycles. The molecule has 0 amide bonds. The van der Waals surface area contributed by atoms with E-state index in [9.17, 15) is 4.79 Å². The first kappa shape index (κ1) is 16.9. The SMILES string of the molecule is COC(=O)c1ccc(CN(C)Cn2nccc2-c2ccncc2)cc1. The summed E-state index contributed by atoms with van der Waals surface area (Å²) in [5.74, 6) is -0.321. The number of nitrogens with zero attached hydrogens (tertiary/aromatic N) is 4. The second-order valence-electron chi connectivity index (χ2n) is 5.80. The van der Waals surface area contributed by atoms with Gasteiger partial charge in [0.25, 0.3) is 0 Å². The summed E-state index contributed by atoms with van der Waals surface area (Å²) in [7, 11) is 3.42. The summed E-state index contributed by atoms with van der Waals surface area (Å²) in [5, 5.41) is 4.42. The molecule has 6 nitrogen and oxygen atoms in total. The molecule has 0 saturated heterocycles. The minimum Gasteiger partial charge on any atom is -0.465 e. The van der Waals surface area contributed by atoms with Crippen LogP contribution >= 0.6 is 0 Å². The maximum absolute atomic E-state index is 11.5. The average Bonchev–Trinajstić information content (AvgIpc) is 3.10. The van der Waals surface area contributed by atoms with Gasteiger partial charge in [0.1, 0.15) is 0 Å². The number of aromatic nitrogens is 3. The van der Waals surface area contributed by atoms with Crippen LogP contribution < -0.4 is 0 Å². The molecule has 0 bridgehead atoms. The van der Waals surface area contributed by atoms with Crippen molar-refractivity contribution in [2.45, 2.75) is 13.2 Å². The van der Waals surface area contributed by atoms with E-state index in [0.29, 0.717) is 12.2 Å². The van der Waals surface area contributed by atoms with Crippen LogP contribution in [0.1, 0.15) is 15.9 Å². The van der Waals surface area contributed by atoms with E-state index in [1.54, 1.807) is 30.7 Å². The second kappa shape index (κ2) is 7.72. The Morgan fingerprint density at radius 3 is 2.48 bits per heavy atom. The van der Waals surface area contributed by atoms with E-state index in [-0.39, 0.29) is 5.97 Å². The number of pyridine rings is 1. The Balaban J connectivity index is 1.67. The molecule has 2 heterocycles. The van der Waals surface area contributed by atoms with E-state index < -0.39 is 0 Å². The van der Waals surface area contributed by atoms with Crippen LogP contribution in [0.2, 0.25) is 0 Å². The topological polar surface area (TPSA) is 60.2 Å². The van der Waals surface area contributed by atoms with Gasteiger partial charge in [-0.1, -0.05) is 12.1 Å². The summed E-state index contributed by atoms with van der Waals surface area (Å²) in [6, 6.07) is 13.4. The van der Waals surface area contributed by atoms with Gasteiger partial charge in [-0.3, -0.25) is 14.6 Å². The fourth-order valence-electron chi connectivity index (χ4n) is 2.67. The highest BCUT2D eigenvalue weighted by atomic mass is 16.5. The molecule has 0 radical (unpaired) electrons. The zero-order valence-corrected chi connectivity index (χ0v) is 14.3. The fraction of sp³-hybridized carbons (Fsp3) is 0.211. The molecule has 1 aromatic carbocycles. The fourth-order valence-corrected chi connectivity index (χ4v) is 2.67. The first-order chi connectivity index (χ1) is 12.2. The van der Waals surface area contributed by atoms with Crippen molar-refractivity contribution in [1.82, 2.24) is 19.7 Å². The molecule has 3 rings (SSSR count). The van der Waals surface area contributed by atoms with Crippen molar-refractivity contribution < 1.29 is 9.53 Å². The highest BCUT2D eigenvalue weighted by Gasteiger charge is 2.09. The van der Waals surface area contributed by atoms with Crippen molar-refractivity contribution in [3.63, 3.8) is 0 Å². The number of ether oxygens (including phenoxy) is 1. The third-order valence-electron chi connectivity index (χ3n) is 3.90. The van der Waals surface area contributed by atoms with Gasteiger partial charge < -0.3 is 4.74 Å². The van der Waals surface area contributed by atoms with Crippen molar-refractivity contribution in [1.29, 1.82) is 0 Å². The maximum Gasteiger partial charge on any atom is 0.337 e. The molecule has 0 unspecified atom stereocenters. The summed E-state index contributed by atoms with van der Waals surface area (Å²) < 4.78 is 6.67. The van der Waals surface area contributed by atoms with Crippen molar-refractivity contribution in [3.8, 4) is 11.3 Å². The Kier molecular flexibility index (Phi) is 5.20. The average molecular weight is 336 g/mol. The number of methoxy groups -OCH3 is 1. The summed E-state index contributed by atoms with van der Waals surface area (Å²) in [5.41, 5.74) is 3.81. The lowest BCUT2D eigenvalue weighted by molar-refractivity contribution is 0.0600. The molecule has 0 aliphatic carbocycles. The first-order valence-electron chi connectivity index (χ1n) is 7.95. The van der Waals surface area contributed by atoms with E-state index in [4.69, 9.17) is 4.74 Å². The van der Waals surface area contributed by atoms with Gasteiger partial charge in [-0.2, -0.15) is 5.10 Å². The number of hydrogen-bond donors (Lipinski definition) is 0. The smallest absolute Gasteiger partial charge is 0.337 e. The normalized spacial score (nSPS) is 10.8. The molecular formula is C19H20N4O2. The molecule has 2 aromatic heterocycles. The van der Waals surface area contributed by atoms with Crippen LogP contribution in [0.3, 0.4) is 0 Å². The molecule has 0 spiro atoms. The van der Waals surface area contributed by atoms with Crippen LogP contribution in [0.25, 0.3) is 11.3 Å². The van der Waals surface area contributed by atoms with Crippen LogP contribution in [-0.2, 0) is 18.0 Å². The largest absolute Gasteiger partial charge is 0.465 e. The van der Waals surface area contributed by atoms with Gasteiger partial charge in [0.05, 0.1) is 25.0 Å².